The molecule has 1 fully saturated rings. The molecule has 0 bridgehead atoms. The Balaban J connectivity index is 0.00000300. The van der Waals surface area contributed by atoms with Crippen molar-refractivity contribution in [2.75, 3.05) is 20.6 Å². The number of hydrogen-bond donors (Lipinski definition) is 2. The highest BCUT2D eigenvalue weighted by Gasteiger charge is 2.16. The van der Waals surface area contributed by atoms with E-state index in [9.17, 15) is 4.79 Å². The third-order valence-electron chi connectivity index (χ3n) is 4.97. The number of nitrogens with zero attached hydrogens (tertiary/aromatic N) is 2. The van der Waals surface area contributed by atoms with Gasteiger partial charge in [0.05, 0.1) is 12.8 Å². The number of guanidine groups is 1. The van der Waals surface area contributed by atoms with E-state index in [0.717, 1.165) is 30.2 Å². The molecular formula is C22H31IN4O2. The van der Waals surface area contributed by atoms with Gasteiger partial charge in [-0.1, -0.05) is 25.0 Å². The molecule has 6 nitrogen and oxygen atoms in total. The van der Waals surface area contributed by atoms with Crippen LogP contribution >= 0.6 is 24.0 Å². The topological polar surface area (TPSA) is 69.9 Å². The molecule has 1 aliphatic carbocycles. The van der Waals surface area contributed by atoms with Crippen molar-refractivity contribution in [3.05, 3.63) is 59.5 Å². The van der Waals surface area contributed by atoms with E-state index in [1.54, 1.807) is 25.3 Å². The molecule has 0 radical (unpaired) electrons. The lowest BCUT2D eigenvalue weighted by Crippen LogP contribution is -2.43. The molecule has 1 aromatic carbocycles. The van der Waals surface area contributed by atoms with Crippen LogP contribution in [-0.4, -0.2) is 43.4 Å². The van der Waals surface area contributed by atoms with Gasteiger partial charge in [-0.15, -0.1) is 24.0 Å². The molecule has 1 saturated carbocycles. The molecule has 2 aromatic rings. The molecule has 0 aliphatic heterocycles. The maximum absolute atomic E-state index is 12.0. The highest BCUT2D eigenvalue weighted by molar-refractivity contribution is 14.0. The summed E-state index contributed by atoms with van der Waals surface area (Å²) in [7, 11) is 3.52. The largest absolute Gasteiger partial charge is 0.469 e. The van der Waals surface area contributed by atoms with Crippen LogP contribution in [-0.2, 0) is 13.0 Å². The van der Waals surface area contributed by atoms with Crippen LogP contribution < -0.4 is 10.6 Å². The summed E-state index contributed by atoms with van der Waals surface area (Å²) in [5.74, 6) is 1.82. The Kier molecular flexibility index (Phi) is 9.50. The molecule has 1 heterocycles. The smallest absolute Gasteiger partial charge is 0.253 e. The van der Waals surface area contributed by atoms with Crippen molar-refractivity contribution in [2.24, 2.45) is 4.99 Å². The van der Waals surface area contributed by atoms with Gasteiger partial charge in [0.1, 0.15) is 5.76 Å². The fraction of sp³-hybridized carbons (Fsp3) is 0.455. The lowest BCUT2D eigenvalue weighted by molar-refractivity contribution is 0.0827. The van der Waals surface area contributed by atoms with Gasteiger partial charge >= 0.3 is 0 Å². The Bertz CT molecular complexity index is 767. The summed E-state index contributed by atoms with van der Waals surface area (Å²) in [4.78, 5) is 18.3. The molecule has 1 amide bonds. The second kappa shape index (κ2) is 11.8. The quantitative estimate of drug-likeness (QED) is 0.338. The average Bonchev–Trinajstić information content (AvgIpc) is 3.40. The number of carbonyl (C=O) groups excluding carboxylic acids is 1. The highest BCUT2D eigenvalue weighted by Crippen LogP contribution is 2.17. The molecule has 29 heavy (non-hydrogen) atoms. The zero-order chi connectivity index (χ0) is 19.8. The summed E-state index contributed by atoms with van der Waals surface area (Å²) in [5.41, 5.74) is 1.77. The predicted octanol–water partition coefficient (Wildman–Crippen LogP) is 3.82. The molecule has 7 heteroatoms. The Morgan fingerprint density at radius 3 is 2.52 bits per heavy atom. The normalized spacial score (nSPS) is 14.3. The van der Waals surface area contributed by atoms with Crippen LogP contribution in [0.4, 0.5) is 0 Å². The van der Waals surface area contributed by atoms with Crippen LogP contribution in [0, 0.1) is 0 Å². The van der Waals surface area contributed by atoms with Gasteiger partial charge in [0.25, 0.3) is 5.91 Å². The minimum atomic E-state index is 0. The summed E-state index contributed by atoms with van der Waals surface area (Å²) in [6.07, 6.45) is 7.46. The maximum Gasteiger partial charge on any atom is 0.253 e. The zero-order valence-electron chi connectivity index (χ0n) is 17.2. The minimum Gasteiger partial charge on any atom is -0.469 e. The van der Waals surface area contributed by atoms with Crippen molar-refractivity contribution >= 4 is 35.8 Å². The first-order chi connectivity index (χ1) is 13.6. The first kappa shape index (κ1) is 23.3. The Labute approximate surface area is 190 Å². The van der Waals surface area contributed by atoms with Gasteiger partial charge in [0, 0.05) is 38.7 Å². The highest BCUT2D eigenvalue weighted by atomic mass is 127. The fourth-order valence-corrected chi connectivity index (χ4v) is 3.36. The molecule has 0 unspecified atom stereocenters. The minimum absolute atomic E-state index is 0. The van der Waals surface area contributed by atoms with Gasteiger partial charge in [-0.05, 0) is 42.7 Å². The molecule has 0 atom stereocenters. The van der Waals surface area contributed by atoms with Crippen LogP contribution in [0.5, 0.6) is 0 Å². The monoisotopic (exact) mass is 510 g/mol. The van der Waals surface area contributed by atoms with Crippen molar-refractivity contribution < 1.29 is 9.21 Å². The number of nitrogens with one attached hydrogen (secondary N) is 2. The SMILES string of the molecule is CN(C)C(=O)c1ccc(CN=C(NCCc2ccco2)NC2CCCC2)cc1.I. The first-order valence-electron chi connectivity index (χ1n) is 9.99. The van der Waals surface area contributed by atoms with E-state index in [4.69, 9.17) is 9.41 Å². The standard InChI is InChI=1S/C22H30N4O2.HI/c1-26(2)21(27)18-11-9-17(10-12-18)16-24-22(25-19-6-3-4-7-19)23-14-13-20-8-5-15-28-20;/h5,8-12,15,19H,3-4,6-7,13-14,16H2,1-2H3,(H2,23,24,25);1H. The van der Waals surface area contributed by atoms with Crippen LogP contribution in [0.1, 0.15) is 47.4 Å². The van der Waals surface area contributed by atoms with Gasteiger partial charge < -0.3 is 20.0 Å². The summed E-state index contributed by atoms with van der Waals surface area (Å²) >= 11 is 0. The molecule has 0 spiro atoms. The van der Waals surface area contributed by atoms with E-state index in [-0.39, 0.29) is 29.9 Å². The van der Waals surface area contributed by atoms with Crippen molar-refractivity contribution in [3.8, 4) is 0 Å². The molecular weight excluding hydrogens is 479 g/mol. The van der Waals surface area contributed by atoms with E-state index in [2.05, 4.69) is 10.6 Å². The lowest BCUT2D eigenvalue weighted by atomic mass is 10.1. The van der Waals surface area contributed by atoms with Gasteiger partial charge in [0.2, 0.25) is 0 Å². The van der Waals surface area contributed by atoms with E-state index < -0.39 is 0 Å². The molecule has 158 valence electrons. The van der Waals surface area contributed by atoms with Crippen LogP contribution in [0.2, 0.25) is 0 Å². The van der Waals surface area contributed by atoms with Gasteiger partial charge in [0.15, 0.2) is 5.96 Å². The van der Waals surface area contributed by atoms with E-state index in [0.29, 0.717) is 18.2 Å². The van der Waals surface area contributed by atoms with E-state index >= 15 is 0 Å². The molecule has 0 saturated heterocycles. The molecule has 1 aliphatic rings. The summed E-state index contributed by atoms with van der Waals surface area (Å²) in [6.45, 7) is 1.33. The Morgan fingerprint density at radius 2 is 1.90 bits per heavy atom. The van der Waals surface area contributed by atoms with Crippen molar-refractivity contribution in [2.45, 2.75) is 44.7 Å². The average molecular weight is 510 g/mol. The lowest BCUT2D eigenvalue weighted by Gasteiger charge is -2.17. The summed E-state index contributed by atoms with van der Waals surface area (Å²) < 4.78 is 5.39. The second-order valence-corrected chi connectivity index (χ2v) is 7.44. The van der Waals surface area contributed by atoms with Gasteiger partial charge in [-0.3, -0.25) is 4.79 Å². The van der Waals surface area contributed by atoms with Crippen molar-refractivity contribution in [1.82, 2.24) is 15.5 Å². The fourth-order valence-electron chi connectivity index (χ4n) is 3.36. The number of benzene rings is 1. The van der Waals surface area contributed by atoms with Gasteiger partial charge in [-0.2, -0.15) is 0 Å². The summed E-state index contributed by atoms with van der Waals surface area (Å²) in [5, 5.41) is 6.98. The number of rotatable bonds is 7. The predicted molar refractivity (Wildman–Crippen MR) is 127 cm³/mol. The number of amides is 1. The number of halogens is 1. The second-order valence-electron chi connectivity index (χ2n) is 7.44. The van der Waals surface area contributed by atoms with E-state index in [1.807, 2.05) is 36.4 Å². The van der Waals surface area contributed by atoms with Gasteiger partial charge in [-0.25, -0.2) is 4.99 Å². The molecule has 1 aromatic heterocycles. The van der Waals surface area contributed by atoms with Crippen molar-refractivity contribution in [1.29, 1.82) is 0 Å². The summed E-state index contributed by atoms with van der Waals surface area (Å²) in [6, 6.07) is 12.1. The third-order valence-corrected chi connectivity index (χ3v) is 4.97. The number of aliphatic imine (C=N–C) groups is 1. The van der Waals surface area contributed by atoms with Crippen LogP contribution in [0.15, 0.2) is 52.1 Å². The van der Waals surface area contributed by atoms with Crippen molar-refractivity contribution in [3.63, 3.8) is 0 Å². The molecule has 3 rings (SSSR count). The number of hydrogen-bond acceptors (Lipinski definition) is 3. The number of furan rings is 1. The molecule has 2 N–H and O–H groups in total. The third kappa shape index (κ3) is 7.38. The maximum atomic E-state index is 12.0. The van der Waals surface area contributed by atoms with Crippen LogP contribution in [0.3, 0.4) is 0 Å². The first-order valence-corrected chi connectivity index (χ1v) is 9.99. The van der Waals surface area contributed by atoms with Crippen LogP contribution in [0.25, 0.3) is 0 Å². The van der Waals surface area contributed by atoms with E-state index in [1.165, 1.54) is 25.7 Å². The number of carbonyl (C=O) groups is 1. The zero-order valence-corrected chi connectivity index (χ0v) is 19.5. The Morgan fingerprint density at radius 1 is 1.17 bits per heavy atom. The Hall–Kier alpha value is -2.03.